The highest BCUT2D eigenvalue weighted by molar-refractivity contribution is 5.84. The van der Waals surface area contributed by atoms with E-state index in [0.29, 0.717) is 13.0 Å². The van der Waals surface area contributed by atoms with Crippen LogP contribution in [0.15, 0.2) is 30.9 Å². The summed E-state index contributed by atoms with van der Waals surface area (Å²) in [5, 5.41) is 3.25. The summed E-state index contributed by atoms with van der Waals surface area (Å²) < 4.78 is 10.2. The first-order valence-corrected chi connectivity index (χ1v) is 6.29. The van der Waals surface area contributed by atoms with Crippen LogP contribution in [0.3, 0.4) is 0 Å². The molecule has 0 fully saturated rings. The predicted molar refractivity (Wildman–Crippen MR) is 73.2 cm³/mol. The molecule has 4 nitrogen and oxygen atoms in total. The fourth-order valence-corrected chi connectivity index (χ4v) is 2.64. The van der Waals surface area contributed by atoms with Crippen molar-refractivity contribution >= 4 is 5.97 Å². The van der Waals surface area contributed by atoms with E-state index in [-0.39, 0.29) is 5.97 Å². The molecule has 0 radical (unpaired) electrons. The molecule has 4 heteroatoms. The van der Waals surface area contributed by atoms with Crippen LogP contribution in [-0.4, -0.2) is 26.7 Å². The molecule has 1 unspecified atom stereocenters. The van der Waals surface area contributed by atoms with Crippen LogP contribution in [0.5, 0.6) is 5.75 Å². The van der Waals surface area contributed by atoms with Gasteiger partial charge in [0.1, 0.15) is 11.3 Å². The van der Waals surface area contributed by atoms with Crippen molar-refractivity contribution in [2.24, 2.45) is 0 Å². The average molecular weight is 261 g/mol. The average Bonchev–Trinajstić information content (AvgIpc) is 2.83. The smallest absolute Gasteiger partial charge is 0.330 e. The van der Waals surface area contributed by atoms with E-state index in [1.54, 1.807) is 13.2 Å². The minimum atomic E-state index is -0.785. The van der Waals surface area contributed by atoms with E-state index in [2.05, 4.69) is 11.9 Å². The molecule has 2 rings (SSSR count). The van der Waals surface area contributed by atoms with Crippen molar-refractivity contribution in [3.63, 3.8) is 0 Å². The number of nitrogens with one attached hydrogen (secondary N) is 1. The van der Waals surface area contributed by atoms with Gasteiger partial charge in [-0.1, -0.05) is 12.1 Å². The third-order valence-corrected chi connectivity index (χ3v) is 3.63. The van der Waals surface area contributed by atoms with E-state index in [1.165, 1.54) is 7.11 Å². The van der Waals surface area contributed by atoms with Gasteiger partial charge in [-0.25, -0.2) is 4.79 Å². The molecule has 0 aromatic heterocycles. The maximum atomic E-state index is 12.2. The van der Waals surface area contributed by atoms with E-state index in [0.717, 1.165) is 23.3 Å². The number of esters is 1. The minimum Gasteiger partial charge on any atom is -0.497 e. The fourth-order valence-electron chi connectivity index (χ4n) is 2.64. The van der Waals surface area contributed by atoms with Crippen LogP contribution in [0, 0.1) is 0 Å². The molecule has 0 amide bonds. The van der Waals surface area contributed by atoms with Crippen LogP contribution in [0.2, 0.25) is 0 Å². The first-order valence-electron chi connectivity index (χ1n) is 6.29. The predicted octanol–water partition coefficient (Wildman–Crippen LogP) is 1.79. The Morgan fingerprint density at radius 3 is 2.95 bits per heavy atom. The number of carbonyl (C=O) groups excluding carboxylic acids is 1. The highest BCUT2D eigenvalue weighted by Crippen LogP contribution is 2.39. The molecule has 102 valence electrons. The summed E-state index contributed by atoms with van der Waals surface area (Å²) in [4.78, 5) is 12.2. The zero-order valence-electron chi connectivity index (χ0n) is 11.4. The Labute approximate surface area is 113 Å². The number of rotatable bonds is 5. The Morgan fingerprint density at radius 1 is 1.53 bits per heavy atom. The molecule has 1 N–H and O–H groups in total. The lowest BCUT2D eigenvalue weighted by Crippen LogP contribution is -2.48. The van der Waals surface area contributed by atoms with Gasteiger partial charge in [-0.15, -0.1) is 6.58 Å². The highest BCUT2D eigenvalue weighted by Gasteiger charge is 2.46. The number of ether oxygens (including phenoxy) is 2. The molecule has 0 spiro atoms. The van der Waals surface area contributed by atoms with Crippen LogP contribution in [0.25, 0.3) is 0 Å². The highest BCUT2D eigenvalue weighted by atomic mass is 16.5. The van der Waals surface area contributed by atoms with Crippen molar-refractivity contribution in [2.45, 2.75) is 18.4 Å². The molecule has 0 saturated heterocycles. The molecule has 1 aromatic rings. The van der Waals surface area contributed by atoms with Crippen molar-refractivity contribution in [1.29, 1.82) is 0 Å². The van der Waals surface area contributed by atoms with Gasteiger partial charge in [0, 0.05) is 6.54 Å². The van der Waals surface area contributed by atoms with Gasteiger partial charge in [0.25, 0.3) is 0 Å². The van der Waals surface area contributed by atoms with Gasteiger partial charge in [0.05, 0.1) is 14.2 Å². The van der Waals surface area contributed by atoms with E-state index < -0.39 is 5.54 Å². The molecule has 0 aliphatic heterocycles. The third kappa shape index (κ3) is 2.24. The Bertz CT molecular complexity index is 498. The minimum absolute atomic E-state index is 0.263. The summed E-state index contributed by atoms with van der Waals surface area (Å²) in [5.74, 6) is 0.482. The van der Waals surface area contributed by atoms with Crippen molar-refractivity contribution in [3.05, 3.63) is 42.0 Å². The molecule has 0 heterocycles. The molecule has 1 atom stereocenters. The maximum Gasteiger partial charge on any atom is 0.330 e. The number of benzene rings is 1. The van der Waals surface area contributed by atoms with Gasteiger partial charge >= 0.3 is 5.97 Å². The van der Waals surface area contributed by atoms with Gasteiger partial charge in [0.15, 0.2) is 0 Å². The number of methoxy groups -OCH3 is 2. The van der Waals surface area contributed by atoms with Crippen molar-refractivity contribution in [1.82, 2.24) is 5.32 Å². The Hall–Kier alpha value is -1.81. The van der Waals surface area contributed by atoms with Crippen LogP contribution in [-0.2, 0) is 21.5 Å². The van der Waals surface area contributed by atoms with Crippen LogP contribution >= 0.6 is 0 Å². The second kappa shape index (κ2) is 5.45. The molecule has 0 bridgehead atoms. The summed E-state index contributed by atoms with van der Waals surface area (Å²) in [7, 11) is 3.03. The molecule has 19 heavy (non-hydrogen) atoms. The Morgan fingerprint density at radius 2 is 2.32 bits per heavy atom. The summed E-state index contributed by atoms with van der Waals surface area (Å²) in [6.07, 6.45) is 3.28. The van der Waals surface area contributed by atoms with Gasteiger partial charge in [-0.3, -0.25) is 5.32 Å². The standard InChI is InChI=1S/C15H19NO3/c1-4-9-16-15(14(17)19-3)8-7-11-5-6-12(18-2)10-13(11)15/h4-6,10,16H,1,7-9H2,2-3H3. The summed E-state index contributed by atoms with van der Waals surface area (Å²) >= 11 is 0. The van der Waals surface area contributed by atoms with Gasteiger partial charge in [-0.05, 0) is 36.1 Å². The van der Waals surface area contributed by atoms with E-state index in [1.807, 2.05) is 18.2 Å². The van der Waals surface area contributed by atoms with Crippen LogP contribution < -0.4 is 10.1 Å². The summed E-state index contributed by atoms with van der Waals surface area (Å²) in [6.45, 7) is 4.24. The van der Waals surface area contributed by atoms with Gasteiger partial charge < -0.3 is 9.47 Å². The van der Waals surface area contributed by atoms with Crippen LogP contribution in [0.1, 0.15) is 17.5 Å². The third-order valence-electron chi connectivity index (χ3n) is 3.63. The maximum absolute atomic E-state index is 12.2. The molecule has 1 aliphatic carbocycles. The second-order valence-electron chi connectivity index (χ2n) is 4.59. The van der Waals surface area contributed by atoms with Crippen molar-refractivity contribution in [3.8, 4) is 5.75 Å². The van der Waals surface area contributed by atoms with E-state index >= 15 is 0 Å². The number of hydrogen-bond acceptors (Lipinski definition) is 4. The van der Waals surface area contributed by atoms with Gasteiger partial charge in [-0.2, -0.15) is 0 Å². The number of aryl methyl sites for hydroxylation is 1. The number of hydrogen-bond donors (Lipinski definition) is 1. The summed E-state index contributed by atoms with van der Waals surface area (Å²) in [6, 6.07) is 5.84. The quantitative estimate of drug-likeness (QED) is 0.648. The fraction of sp³-hybridized carbons (Fsp3) is 0.400. The molecule has 1 aromatic carbocycles. The molecule has 1 aliphatic rings. The SMILES string of the molecule is C=CCNC1(C(=O)OC)CCc2ccc(OC)cc21. The Kier molecular flexibility index (Phi) is 3.90. The van der Waals surface area contributed by atoms with E-state index in [4.69, 9.17) is 9.47 Å². The lowest BCUT2D eigenvalue weighted by molar-refractivity contribution is -0.149. The van der Waals surface area contributed by atoms with Crippen molar-refractivity contribution < 1.29 is 14.3 Å². The van der Waals surface area contributed by atoms with Crippen LogP contribution in [0.4, 0.5) is 0 Å². The van der Waals surface area contributed by atoms with E-state index in [9.17, 15) is 4.79 Å². The Balaban J connectivity index is 2.47. The first kappa shape index (κ1) is 13.6. The zero-order valence-corrected chi connectivity index (χ0v) is 11.4. The second-order valence-corrected chi connectivity index (χ2v) is 4.59. The lowest BCUT2D eigenvalue weighted by Gasteiger charge is -2.28. The number of carbonyl (C=O) groups is 1. The normalized spacial score (nSPS) is 20.7. The van der Waals surface area contributed by atoms with Gasteiger partial charge in [0.2, 0.25) is 0 Å². The summed E-state index contributed by atoms with van der Waals surface area (Å²) in [5.41, 5.74) is 1.32. The molecular formula is C15H19NO3. The number of fused-ring (bicyclic) bond motifs is 1. The van der Waals surface area contributed by atoms with Crippen molar-refractivity contribution in [2.75, 3.05) is 20.8 Å². The molecule has 0 saturated carbocycles. The topological polar surface area (TPSA) is 47.6 Å². The lowest BCUT2D eigenvalue weighted by atomic mass is 9.91. The monoisotopic (exact) mass is 261 g/mol. The first-order chi connectivity index (χ1) is 9.17. The largest absolute Gasteiger partial charge is 0.497 e. The molecular weight excluding hydrogens is 242 g/mol. The zero-order chi connectivity index (χ0) is 13.9.